The van der Waals surface area contributed by atoms with Crippen LogP contribution in [-0.2, 0) is 20.9 Å². The van der Waals surface area contributed by atoms with Gasteiger partial charge in [0.25, 0.3) is 0 Å². The number of carboxylic acids is 1. The molecule has 2 bridgehead atoms. The molecule has 6 nitrogen and oxygen atoms in total. The minimum absolute atomic E-state index is 0.235. The lowest BCUT2D eigenvalue weighted by molar-refractivity contribution is -0.147. The molecule has 0 radical (unpaired) electrons. The Kier molecular flexibility index (Phi) is 3.40. The molecule has 2 saturated heterocycles. The molecule has 2 N–H and O–H groups in total. The summed E-state index contributed by atoms with van der Waals surface area (Å²) < 4.78 is 5.58. The number of ether oxygens (including phenoxy) is 1. The van der Waals surface area contributed by atoms with Crippen molar-refractivity contribution in [2.45, 2.75) is 31.6 Å². The highest BCUT2D eigenvalue weighted by Crippen LogP contribution is 2.43. The largest absolute Gasteiger partial charge is 0.481 e. The maximum absolute atomic E-state index is 12.3. The maximum atomic E-state index is 12.3. The number of aliphatic carboxylic acids is 1. The van der Waals surface area contributed by atoms with E-state index in [4.69, 9.17) is 4.74 Å². The molecule has 2 aliphatic heterocycles. The van der Waals surface area contributed by atoms with E-state index in [0.717, 1.165) is 18.4 Å². The Morgan fingerprint density at radius 1 is 1.25 bits per heavy atom. The van der Waals surface area contributed by atoms with Crippen LogP contribution in [0.5, 0.6) is 0 Å². The lowest BCUT2D eigenvalue weighted by atomic mass is 9.78. The van der Waals surface area contributed by atoms with Gasteiger partial charge in [-0.15, -0.1) is 0 Å². The number of nitrogens with one attached hydrogen (secondary N) is 1. The molecular weight excluding hydrogens is 260 g/mol. The lowest BCUT2D eigenvalue weighted by Crippen LogP contribution is -2.43. The molecule has 1 amide bonds. The van der Waals surface area contributed by atoms with Crippen LogP contribution in [0.15, 0.2) is 24.5 Å². The van der Waals surface area contributed by atoms with Crippen LogP contribution in [0, 0.1) is 11.8 Å². The second-order valence-electron chi connectivity index (χ2n) is 5.25. The highest BCUT2D eigenvalue weighted by molar-refractivity contribution is 5.86. The predicted octanol–water partition coefficient (Wildman–Crippen LogP) is 0.576. The third kappa shape index (κ3) is 2.27. The van der Waals surface area contributed by atoms with E-state index >= 15 is 0 Å². The fourth-order valence-corrected chi connectivity index (χ4v) is 3.13. The first kappa shape index (κ1) is 13.1. The molecule has 0 saturated carbocycles. The first-order valence-corrected chi connectivity index (χ1v) is 6.71. The number of rotatable bonds is 4. The third-order valence-corrected chi connectivity index (χ3v) is 4.08. The molecule has 0 spiro atoms. The molecule has 0 unspecified atom stereocenters. The van der Waals surface area contributed by atoms with Crippen LogP contribution in [0.4, 0.5) is 0 Å². The average molecular weight is 276 g/mol. The van der Waals surface area contributed by atoms with Gasteiger partial charge in [0.05, 0.1) is 24.0 Å². The Labute approximate surface area is 116 Å². The van der Waals surface area contributed by atoms with Gasteiger partial charge in [0.2, 0.25) is 5.91 Å². The Morgan fingerprint density at radius 2 is 1.90 bits per heavy atom. The van der Waals surface area contributed by atoms with E-state index in [2.05, 4.69) is 10.3 Å². The van der Waals surface area contributed by atoms with Gasteiger partial charge in [-0.1, -0.05) is 0 Å². The molecule has 106 valence electrons. The lowest BCUT2D eigenvalue weighted by Gasteiger charge is -2.23. The molecule has 6 heteroatoms. The van der Waals surface area contributed by atoms with E-state index in [1.807, 2.05) is 12.1 Å². The first-order valence-electron chi connectivity index (χ1n) is 6.71. The van der Waals surface area contributed by atoms with Crippen molar-refractivity contribution in [1.29, 1.82) is 0 Å². The molecule has 20 heavy (non-hydrogen) atoms. The fourth-order valence-electron chi connectivity index (χ4n) is 3.13. The minimum atomic E-state index is -0.943. The number of nitrogens with zero attached hydrogens (tertiary/aromatic N) is 1. The molecule has 3 heterocycles. The predicted molar refractivity (Wildman–Crippen MR) is 68.6 cm³/mol. The number of fused-ring (bicyclic) bond motifs is 2. The zero-order valence-electron chi connectivity index (χ0n) is 10.9. The number of aromatic nitrogens is 1. The zero-order valence-corrected chi connectivity index (χ0v) is 10.9. The van der Waals surface area contributed by atoms with Gasteiger partial charge in [-0.3, -0.25) is 14.6 Å². The highest BCUT2D eigenvalue weighted by atomic mass is 16.5. The molecule has 4 atom stereocenters. The number of amides is 1. The Balaban J connectivity index is 1.66. The summed E-state index contributed by atoms with van der Waals surface area (Å²) in [5.74, 6) is -2.47. The van der Waals surface area contributed by atoms with Crippen LogP contribution < -0.4 is 5.32 Å². The van der Waals surface area contributed by atoms with Gasteiger partial charge in [-0.25, -0.2) is 0 Å². The van der Waals surface area contributed by atoms with Gasteiger partial charge in [-0.05, 0) is 30.5 Å². The molecule has 2 aliphatic rings. The fraction of sp³-hybridized carbons (Fsp3) is 0.500. The number of pyridine rings is 1. The molecule has 1 aromatic rings. The second-order valence-corrected chi connectivity index (χ2v) is 5.25. The van der Waals surface area contributed by atoms with Gasteiger partial charge < -0.3 is 15.2 Å². The maximum Gasteiger partial charge on any atom is 0.310 e. The average Bonchev–Trinajstić information content (AvgIpc) is 3.06. The summed E-state index contributed by atoms with van der Waals surface area (Å²) in [7, 11) is 0. The van der Waals surface area contributed by atoms with Crippen LogP contribution in [0.1, 0.15) is 18.4 Å². The van der Waals surface area contributed by atoms with Crippen LogP contribution in [0.2, 0.25) is 0 Å². The van der Waals surface area contributed by atoms with E-state index in [0.29, 0.717) is 6.54 Å². The summed E-state index contributed by atoms with van der Waals surface area (Å²) >= 11 is 0. The second kappa shape index (κ2) is 5.20. The van der Waals surface area contributed by atoms with Gasteiger partial charge in [0.1, 0.15) is 0 Å². The summed E-state index contributed by atoms with van der Waals surface area (Å²) in [6.07, 6.45) is 4.25. The molecule has 0 aliphatic carbocycles. The number of hydrogen-bond acceptors (Lipinski definition) is 4. The molecule has 0 aromatic carbocycles. The van der Waals surface area contributed by atoms with Crippen LogP contribution in [0.25, 0.3) is 0 Å². The van der Waals surface area contributed by atoms with E-state index in [-0.39, 0.29) is 18.1 Å². The van der Waals surface area contributed by atoms with Crippen molar-refractivity contribution in [2.24, 2.45) is 11.8 Å². The Bertz CT molecular complexity index is 519. The van der Waals surface area contributed by atoms with Crippen molar-refractivity contribution in [3.63, 3.8) is 0 Å². The van der Waals surface area contributed by atoms with Crippen molar-refractivity contribution >= 4 is 11.9 Å². The number of hydrogen-bond donors (Lipinski definition) is 2. The Morgan fingerprint density at radius 3 is 2.55 bits per heavy atom. The quantitative estimate of drug-likeness (QED) is 0.839. The van der Waals surface area contributed by atoms with Crippen LogP contribution >= 0.6 is 0 Å². The van der Waals surface area contributed by atoms with E-state index < -0.39 is 17.8 Å². The van der Waals surface area contributed by atoms with E-state index in [9.17, 15) is 14.7 Å². The molecule has 3 rings (SSSR count). The van der Waals surface area contributed by atoms with Crippen LogP contribution in [-0.4, -0.2) is 34.2 Å². The summed E-state index contributed by atoms with van der Waals surface area (Å²) in [5.41, 5.74) is 0.935. The number of carboxylic acid groups (broad SMARTS) is 1. The standard InChI is InChI=1S/C14H16N2O4/c17-13(16-7-8-3-5-15-6-4-8)11-9-1-2-10(20-9)12(11)14(18)19/h3-6,9-12H,1-2,7H2,(H,16,17)(H,18,19)/t9-,10-,11+,12-/m0/s1. The van der Waals surface area contributed by atoms with Gasteiger partial charge in [-0.2, -0.15) is 0 Å². The number of carbonyl (C=O) groups is 2. The first-order chi connectivity index (χ1) is 9.66. The number of carbonyl (C=O) groups excluding carboxylic acids is 1. The van der Waals surface area contributed by atoms with Gasteiger partial charge >= 0.3 is 5.97 Å². The van der Waals surface area contributed by atoms with Crippen molar-refractivity contribution in [3.05, 3.63) is 30.1 Å². The smallest absolute Gasteiger partial charge is 0.310 e. The highest BCUT2D eigenvalue weighted by Gasteiger charge is 2.55. The normalized spacial score (nSPS) is 31.2. The minimum Gasteiger partial charge on any atom is -0.481 e. The summed E-state index contributed by atoms with van der Waals surface area (Å²) in [5, 5.41) is 12.1. The molecule has 2 fully saturated rings. The summed E-state index contributed by atoms with van der Waals surface area (Å²) in [4.78, 5) is 27.5. The third-order valence-electron chi connectivity index (χ3n) is 4.08. The molecule has 1 aromatic heterocycles. The van der Waals surface area contributed by atoms with Crippen molar-refractivity contribution in [3.8, 4) is 0 Å². The van der Waals surface area contributed by atoms with Crippen LogP contribution in [0.3, 0.4) is 0 Å². The SMILES string of the molecule is O=C(O)[C@@H]1[C@H](C(=O)NCc2ccncc2)[C@@H]2CC[C@@H]1O2. The summed E-state index contributed by atoms with van der Waals surface area (Å²) in [6.45, 7) is 0.377. The van der Waals surface area contributed by atoms with E-state index in [1.54, 1.807) is 12.4 Å². The van der Waals surface area contributed by atoms with E-state index in [1.165, 1.54) is 0 Å². The summed E-state index contributed by atoms with van der Waals surface area (Å²) in [6, 6.07) is 3.62. The van der Waals surface area contributed by atoms with Crippen molar-refractivity contribution in [1.82, 2.24) is 10.3 Å². The van der Waals surface area contributed by atoms with Crippen molar-refractivity contribution in [2.75, 3.05) is 0 Å². The van der Waals surface area contributed by atoms with Gasteiger partial charge in [0.15, 0.2) is 0 Å². The molecular formula is C14H16N2O4. The monoisotopic (exact) mass is 276 g/mol. The topological polar surface area (TPSA) is 88.5 Å². The Hall–Kier alpha value is -1.95. The van der Waals surface area contributed by atoms with Crippen molar-refractivity contribution < 1.29 is 19.4 Å². The zero-order chi connectivity index (χ0) is 14.1. The van der Waals surface area contributed by atoms with Gasteiger partial charge in [0, 0.05) is 18.9 Å².